The Hall–Kier alpha value is -0.120. The first-order valence-corrected chi connectivity index (χ1v) is 6.50. The normalized spacial score (nSPS) is 18.4. The molecule has 1 saturated carbocycles. The molecule has 1 N–H and O–H groups in total. The van der Waals surface area contributed by atoms with E-state index in [1.807, 2.05) is 27.7 Å². The van der Waals surface area contributed by atoms with Crippen LogP contribution in [0.1, 0.15) is 61.3 Å². The van der Waals surface area contributed by atoms with Crippen molar-refractivity contribution in [2.24, 2.45) is 0 Å². The Morgan fingerprint density at radius 2 is 1.53 bits per heavy atom. The molecule has 17 heavy (non-hydrogen) atoms. The summed E-state index contributed by atoms with van der Waals surface area (Å²) in [5.74, 6) is 0. The van der Waals surface area contributed by atoms with Crippen LogP contribution >= 0.6 is 0 Å². The molecule has 1 aliphatic carbocycles. The van der Waals surface area contributed by atoms with Crippen molar-refractivity contribution in [3.63, 3.8) is 0 Å². The number of aliphatic hydroxyl groups excluding tert-OH is 1. The molecule has 0 aliphatic heterocycles. The molecule has 1 fully saturated rings. The van der Waals surface area contributed by atoms with Crippen LogP contribution in [0.3, 0.4) is 0 Å². The number of ether oxygens (including phenoxy) is 2. The summed E-state index contributed by atoms with van der Waals surface area (Å²) in [5.41, 5.74) is -0.0523. The molecule has 1 atom stereocenters. The number of hydrogen-bond acceptors (Lipinski definition) is 3. The molecule has 0 saturated heterocycles. The summed E-state index contributed by atoms with van der Waals surface area (Å²) in [6.45, 7) is 14.2. The topological polar surface area (TPSA) is 38.7 Å². The molecular weight excluding hydrogens is 216 g/mol. The van der Waals surface area contributed by atoms with Gasteiger partial charge in [-0.1, -0.05) is 0 Å². The highest BCUT2D eigenvalue weighted by molar-refractivity contribution is 4.77. The molecular formula is C14H30O3. The van der Waals surface area contributed by atoms with Gasteiger partial charge in [-0.25, -0.2) is 0 Å². The molecule has 0 aromatic heterocycles. The maximum atomic E-state index is 8.57. The van der Waals surface area contributed by atoms with Crippen molar-refractivity contribution in [3.8, 4) is 0 Å². The number of rotatable bonds is 3. The zero-order valence-corrected chi connectivity index (χ0v) is 12.5. The van der Waals surface area contributed by atoms with Gasteiger partial charge in [0.2, 0.25) is 0 Å². The molecule has 0 bridgehead atoms. The highest BCUT2D eigenvalue weighted by atomic mass is 16.5. The Labute approximate surface area is 107 Å². The van der Waals surface area contributed by atoms with Crippen molar-refractivity contribution in [1.29, 1.82) is 0 Å². The first-order valence-electron chi connectivity index (χ1n) is 6.50. The molecule has 3 heteroatoms. The summed E-state index contributed by atoms with van der Waals surface area (Å²) < 4.78 is 10.9. The SMILES string of the molecule is CC(C)(C)OC1CC1.CC(CO)OC(C)(C)C. The molecule has 0 heterocycles. The summed E-state index contributed by atoms with van der Waals surface area (Å²) >= 11 is 0. The van der Waals surface area contributed by atoms with Crippen molar-refractivity contribution in [2.45, 2.75) is 84.7 Å². The van der Waals surface area contributed by atoms with Gasteiger partial charge < -0.3 is 14.6 Å². The zero-order valence-electron chi connectivity index (χ0n) is 12.5. The molecule has 1 unspecified atom stereocenters. The van der Waals surface area contributed by atoms with Gasteiger partial charge in [0.25, 0.3) is 0 Å². The lowest BCUT2D eigenvalue weighted by molar-refractivity contribution is -0.0709. The van der Waals surface area contributed by atoms with E-state index in [4.69, 9.17) is 14.6 Å². The maximum absolute atomic E-state index is 8.57. The number of hydrogen-bond donors (Lipinski definition) is 1. The third kappa shape index (κ3) is 13.8. The molecule has 0 spiro atoms. The predicted octanol–water partition coefficient (Wildman–Crippen LogP) is 3.15. The van der Waals surface area contributed by atoms with E-state index in [1.54, 1.807) is 0 Å². The third-order valence-electron chi connectivity index (χ3n) is 1.86. The second kappa shape index (κ2) is 6.72. The van der Waals surface area contributed by atoms with E-state index in [-0.39, 0.29) is 23.9 Å². The molecule has 0 aromatic carbocycles. The Bertz CT molecular complexity index is 196. The lowest BCUT2D eigenvalue weighted by Crippen LogP contribution is -2.27. The van der Waals surface area contributed by atoms with Gasteiger partial charge in [-0.2, -0.15) is 0 Å². The fourth-order valence-corrected chi connectivity index (χ4v) is 1.33. The monoisotopic (exact) mass is 246 g/mol. The molecule has 104 valence electrons. The molecule has 0 amide bonds. The van der Waals surface area contributed by atoms with Gasteiger partial charge >= 0.3 is 0 Å². The van der Waals surface area contributed by atoms with Crippen molar-refractivity contribution < 1.29 is 14.6 Å². The van der Waals surface area contributed by atoms with Crippen LogP contribution in [0.4, 0.5) is 0 Å². The highest BCUT2D eigenvalue weighted by Crippen LogP contribution is 2.28. The van der Waals surface area contributed by atoms with Crippen LogP contribution in [0.5, 0.6) is 0 Å². The highest BCUT2D eigenvalue weighted by Gasteiger charge is 2.27. The van der Waals surface area contributed by atoms with Crippen molar-refractivity contribution in [1.82, 2.24) is 0 Å². The minimum absolute atomic E-state index is 0.0509. The smallest absolute Gasteiger partial charge is 0.0784 e. The van der Waals surface area contributed by atoms with Crippen LogP contribution in [-0.4, -0.2) is 35.1 Å². The van der Waals surface area contributed by atoms with E-state index in [9.17, 15) is 0 Å². The quantitative estimate of drug-likeness (QED) is 0.831. The van der Waals surface area contributed by atoms with Crippen molar-refractivity contribution >= 4 is 0 Å². The summed E-state index contributed by atoms with van der Waals surface area (Å²) in [5, 5.41) is 8.57. The van der Waals surface area contributed by atoms with Crippen LogP contribution < -0.4 is 0 Å². The second-order valence-electron chi connectivity index (χ2n) is 6.65. The first kappa shape index (κ1) is 16.9. The van der Waals surface area contributed by atoms with Gasteiger partial charge in [-0.05, 0) is 61.3 Å². The average Bonchev–Trinajstić information content (AvgIpc) is 2.83. The van der Waals surface area contributed by atoms with E-state index >= 15 is 0 Å². The van der Waals surface area contributed by atoms with E-state index in [2.05, 4.69) is 20.8 Å². The lowest BCUT2D eigenvalue weighted by Gasteiger charge is -2.23. The van der Waals surface area contributed by atoms with Gasteiger partial charge in [0, 0.05) is 0 Å². The fraction of sp³-hybridized carbons (Fsp3) is 1.00. The molecule has 3 nitrogen and oxygen atoms in total. The van der Waals surface area contributed by atoms with Crippen molar-refractivity contribution in [2.75, 3.05) is 6.61 Å². The Morgan fingerprint density at radius 3 is 1.65 bits per heavy atom. The standard InChI is InChI=1S/C7H16O2.C7H14O/c1-6(5-8)9-7(2,3)4;1-7(2,3)8-6-4-5-6/h6,8H,5H2,1-4H3;6H,4-5H2,1-3H3. The second-order valence-corrected chi connectivity index (χ2v) is 6.65. The molecule has 1 rings (SSSR count). The molecule has 0 radical (unpaired) electrons. The van der Waals surface area contributed by atoms with E-state index in [1.165, 1.54) is 12.8 Å². The van der Waals surface area contributed by atoms with E-state index < -0.39 is 0 Å². The minimum Gasteiger partial charge on any atom is -0.394 e. The average molecular weight is 246 g/mol. The lowest BCUT2D eigenvalue weighted by atomic mass is 10.2. The minimum atomic E-state index is -0.137. The van der Waals surface area contributed by atoms with Crippen LogP contribution in [0.25, 0.3) is 0 Å². The zero-order chi connectivity index (χ0) is 13.7. The summed E-state index contributed by atoms with van der Waals surface area (Å²) in [4.78, 5) is 0. The third-order valence-corrected chi connectivity index (χ3v) is 1.86. The Balaban J connectivity index is 0.000000302. The largest absolute Gasteiger partial charge is 0.394 e. The fourth-order valence-electron chi connectivity index (χ4n) is 1.33. The van der Waals surface area contributed by atoms with Crippen LogP contribution in [0, 0.1) is 0 Å². The van der Waals surface area contributed by atoms with Gasteiger partial charge in [-0.3, -0.25) is 0 Å². The summed E-state index contributed by atoms with van der Waals surface area (Å²) in [6.07, 6.45) is 3.09. The predicted molar refractivity (Wildman–Crippen MR) is 71.2 cm³/mol. The molecule has 1 aliphatic rings. The van der Waals surface area contributed by atoms with E-state index in [0.29, 0.717) is 6.10 Å². The van der Waals surface area contributed by atoms with Crippen molar-refractivity contribution in [3.05, 3.63) is 0 Å². The molecule has 0 aromatic rings. The van der Waals surface area contributed by atoms with Gasteiger partial charge in [0.15, 0.2) is 0 Å². The first-order chi connectivity index (χ1) is 7.53. The van der Waals surface area contributed by atoms with Crippen LogP contribution in [-0.2, 0) is 9.47 Å². The Kier molecular flexibility index (Phi) is 6.67. The Morgan fingerprint density at radius 1 is 1.06 bits per heavy atom. The summed E-state index contributed by atoms with van der Waals surface area (Å²) in [6, 6.07) is 0. The van der Waals surface area contributed by atoms with Crippen LogP contribution in [0.15, 0.2) is 0 Å². The van der Waals surface area contributed by atoms with Gasteiger partial charge in [-0.15, -0.1) is 0 Å². The maximum Gasteiger partial charge on any atom is 0.0784 e. The van der Waals surface area contributed by atoms with E-state index in [0.717, 1.165) is 0 Å². The number of aliphatic hydroxyl groups is 1. The summed E-state index contributed by atoms with van der Waals surface area (Å²) in [7, 11) is 0. The van der Waals surface area contributed by atoms with Gasteiger partial charge in [0.05, 0.1) is 30.0 Å². The van der Waals surface area contributed by atoms with Gasteiger partial charge in [0.1, 0.15) is 0 Å². The van der Waals surface area contributed by atoms with Crippen LogP contribution in [0.2, 0.25) is 0 Å².